The van der Waals surface area contributed by atoms with Crippen LogP contribution in [0.25, 0.3) is 0 Å². The molecular formula is C13H19BrFNO. The third kappa shape index (κ3) is 3.96. The van der Waals surface area contributed by atoms with Crippen LogP contribution in [-0.4, -0.2) is 18.6 Å². The Kier molecular flexibility index (Phi) is 5.40. The Morgan fingerprint density at radius 2 is 2.12 bits per heavy atom. The summed E-state index contributed by atoms with van der Waals surface area (Å²) in [6, 6.07) is 5.18. The lowest BCUT2D eigenvalue weighted by atomic mass is 9.84. The van der Waals surface area contributed by atoms with Gasteiger partial charge in [0.2, 0.25) is 0 Å². The Labute approximate surface area is 111 Å². The van der Waals surface area contributed by atoms with E-state index in [9.17, 15) is 4.39 Å². The van der Waals surface area contributed by atoms with Gasteiger partial charge in [0.1, 0.15) is 0 Å². The van der Waals surface area contributed by atoms with Gasteiger partial charge in [-0.05, 0) is 24.6 Å². The molecule has 0 spiro atoms. The van der Waals surface area contributed by atoms with Crippen molar-refractivity contribution in [3.8, 4) is 5.75 Å². The molecule has 2 nitrogen and oxygen atoms in total. The van der Waals surface area contributed by atoms with Crippen molar-refractivity contribution in [2.24, 2.45) is 0 Å². The minimum atomic E-state index is -0.295. The van der Waals surface area contributed by atoms with Crippen molar-refractivity contribution < 1.29 is 9.13 Å². The SMILES string of the molecule is CCOc1ccc(C(C)(C)CNCBr)cc1F. The van der Waals surface area contributed by atoms with Crippen molar-refractivity contribution in [1.29, 1.82) is 0 Å². The van der Waals surface area contributed by atoms with Gasteiger partial charge in [-0.3, -0.25) is 0 Å². The second-order valence-corrected chi connectivity index (χ2v) is 5.08. The molecule has 0 saturated heterocycles. The Morgan fingerprint density at radius 3 is 2.65 bits per heavy atom. The number of alkyl halides is 1. The Morgan fingerprint density at radius 1 is 1.41 bits per heavy atom. The molecule has 1 aromatic rings. The quantitative estimate of drug-likeness (QED) is 0.642. The molecule has 17 heavy (non-hydrogen) atoms. The molecule has 0 unspecified atom stereocenters. The van der Waals surface area contributed by atoms with E-state index in [0.717, 1.165) is 17.6 Å². The Hall–Kier alpha value is -0.610. The average Bonchev–Trinajstić information content (AvgIpc) is 2.29. The highest BCUT2D eigenvalue weighted by atomic mass is 79.9. The lowest BCUT2D eigenvalue weighted by molar-refractivity contribution is 0.320. The van der Waals surface area contributed by atoms with E-state index in [-0.39, 0.29) is 11.2 Å². The molecular weight excluding hydrogens is 285 g/mol. The van der Waals surface area contributed by atoms with Crippen LogP contribution in [0.3, 0.4) is 0 Å². The van der Waals surface area contributed by atoms with Crippen LogP contribution in [0, 0.1) is 5.82 Å². The van der Waals surface area contributed by atoms with Gasteiger partial charge in [0.25, 0.3) is 0 Å². The summed E-state index contributed by atoms with van der Waals surface area (Å²) >= 11 is 3.32. The molecule has 1 N–H and O–H groups in total. The standard InChI is InChI=1S/C13H19BrFNO/c1-4-17-12-6-5-10(7-11(12)15)13(2,3)8-16-9-14/h5-7,16H,4,8-9H2,1-3H3. The minimum absolute atomic E-state index is 0.112. The number of hydrogen-bond donors (Lipinski definition) is 1. The second kappa shape index (κ2) is 6.36. The molecule has 0 aromatic heterocycles. The van der Waals surface area contributed by atoms with Crippen LogP contribution >= 0.6 is 15.9 Å². The van der Waals surface area contributed by atoms with Gasteiger partial charge in [-0.15, -0.1) is 0 Å². The third-order valence-electron chi connectivity index (χ3n) is 2.67. The molecule has 1 rings (SSSR count). The van der Waals surface area contributed by atoms with E-state index in [4.69, 9.17) is 4.74 Å². The van der Waals surface area contributed by atoms with Gasteiger partial charge in [0, 0.05) is 12.0 Å². The van der Waals surface area contributed by atoms with Crippen molar-refractivity contribution >= 4 is 15.9 Å². The fourth-order valence-electron chi connectivity index (χ4n) is 1.66. The van der Waals surface area contributed by atoms with Crippen LogP contribution in [0.2, 0.25) is 0 Å². The number of ether oxygens (including phenoxy) is 1. The fraction of sp³-hybridized carbons (Fsp3) is 0.538. The van der Waals surface area contributed by atoms with Crippen LogP contribution in [0.5, 0.6) is 5.75 Å². The van der Waals surface area contributed by atoms with Gasteiger partial charge in [0.15, 0.2) is 11.6 Å². The van der Waals surface area contributed by atoms with E-state index in [1.165, 1.54) is 0 Å². The smallest absolute Gasteiger partial charge is 0.165 e. The van der Waals surface area contributed by atoms with Gasteiger partial charge < -0.3 is 10.1 Å². The number of halogens is 2. The number of hydrogen-bond acceptors (Lipinski definition) is 2. The van der Waals surface area contributed by atoms with Crippen LogP contribution < -0.4 is 10.1 Å². The maximum Gasteiger partial charge on any atom is 0.165 e. The van der Waals surface area contributed by atoms with Crippen molar-refractivity contribution in [2.75, 3.05) is 18.6 Å². The zero-order valence-electron chi connectivity index (χ0n) is 10.5. The molecule has 0 bridgehead atoms. The van der Waals surface area contributed by atoms with Gasteiger partial charge in [-0.1, -0.05) is 35.8 Å². The average molecular weight is 304 g/mol. The molecule has 0 saturated carbocycles. The van der Waals surface area contributed by atoms with Gasteiger partial charge >= 0.3 is 0 Å². The lowest BCUT2D eigenvalue weighted by Gasteiger charge is -2.25. The first-order valence-corrected chi connectivity index (χ1v) is 6.83. The van der Waals surface area contributed by atoms with Crippen molar-refractivity contribution in [1.82, 2.24) is 5.32 Å². The third-order valence-corrected chi connectivity index (χ3v) is 3.07. The topological polar surface area (TPSA) is 21.3 Å². The van der Waals surface area contributed by atoms with Gasteiger partial charge in [-0.25, -0.2) is 4.39 Å². The van der Waals surface area contributed by atoms with Gasteiger partial charge in [0.05, 0.1) is 12.1 Å². The Bertz CT molecular complexity index is 368. The highest BCUT2D eigenvalue weighted by Crippen LogP contribution is 2.27. The monoisotopic (exact) mass is 303 g/mol. The molecule has 0 heterocycles. The molecule has 96 valence electrons. The number of benzene rings is 1. The molecule has 0 atom stereocenters. The normalized spacial score (nSPS) is 11.6. The molecule has 1 aromatic carbocycles. The largest absolute Gasteiger partial charge is 0.491 e. The minimum Gasteiger partial charge on any atom is -0.491 e. The summed E-state index contributed by atoms with van der Waals surface area (Å²) in [6.45, 7) is 7.27. The highest BCUT2D eigenvalue weighted by molar-refractivity contribution is 9.09. The van der Waals surface area contributed by atoms with Crippen LogP contribution in [0.15, 0.2) is 18.2 Å². The molecule has 0 amide bonds. The van der Waals surface area contributed by atoms with E-state index >= 15 is 0 Å². The molecule has 0 aliphatic heterocycles. The van der Waals surface area contributed by atoms with E-state index in [0.29, 0.717) is 12.4 Å². The predicted molar refractivity (Wildman–Crippen MR) is 72.4 cm³/mol. The Balaban J connectivity index is 2.88. The number of rotatable bonds is 6. The van der Waals surface area contributed by atoms with E-state index < -0.39 is 0 Å². The van der Waals surface area contributed by atoms with Crippen LogP contribution in [0.4, 0.5) is 4.39 Å². The summed E-state index contributed by atoms with van der Waals surface area (Å²) in [5, 5.41) is 3.21. The van der Waals surface area contributed by atoms with E-state index in [2.05, 4.69) is 35.1 Å². The molecule has 4 heteroatoms. The summed E-state index contributed by atoms with van der Waals surface area (Å²) in [4.78, 5) is 0. The first-order valence-electron chi connectivity index (χ1n) is 5.70. The molecule has 0 fully saturated rings. The summed E-state index contributed by atoms with van der Waals surface area (Å²) in [7, 11) is 0. The van der Waals surface area contributed by atoms with Crippen LogP contribution in [0.1, 0.15) is 26.3 Å². The maximum absolute atomic E-state index is 13.7. The second-order valence-electron chi connectivity index (χ2n) is 4.52. The predicted octanol–water partition coefficient (Wildman–Crippen LogP) is 3.44. The van der Waals surface area contributed by atoms with Crippen LogP contribution in [-0.2, 0) is 5.41 Å². The van der Waals surface area contributed by atoms with Crippen molar-refractivity contribution in [3.05, 3.63) is 29.6 Å². The summed E-state index contributed by atoms with van der Waals surface area (Å²) < 4.78 is 18.9. The maximum atomic E-state index is 13.7. The van der Waals surface area contributed by atoms with Gasteiger partial charge in [-0.2, -0.15) is 0 Å². The highest BCUT2D eigenvalue weighted by Gasteiger charge is 2.21. The zero-order valence-corrected chi connectivity index (χ0v) is 12.1. The summed E-state index contributed by atoms with van der Waals surface area (Å²) in [5.74, 6) is 0.0248. The fourth-order valence-corrected chi connectivity index (χ4v) is 1.85. The molecule has 0 radical (unpaired) electrons. The lowest BCUT2D eigenvalue weighted by Crippen LogP contribution is -2.32. The zero-order chi connectivity index (χ0) is 12.9. The first-order chi connectivity index (χ1) is 8.01. The van der Waals surface area contributed by atoms with E-state index in [1.807, 2.05) is 13.0 Å². The van der Waals surface area contributed by atoms with Crippen molar-refractivity contribution in [2.45, 2.75) is 26.2 Å². The molecule has 0 aliphatic rings. The first kappa shape index (κ1) is 14.5. The molecule has 0 aliphatic carbocycles. The van der Waals surface area contributed by atoms with E-state index in [1.54, 1.807) is 12.1 Å². The van der Waals surface area contributed by atoms with Crippen molar-refractivity contribution in [3.63, 3.8) is 0 Å². The summed E-state index contributed by atoms with van der Waals surface area (Å²) in [5.41, 5.74) is 1.59. The summed E-state index contributed by atoms with van der Waals surface area (Å²) in [6.07, 6.45) is 0. The number of nitrogens with one attached hydrogen (secondary N) is 1.